The van der Waals surface area contributed by atoms with Crippen molar-refractivity contribution in [3.63, 3.8) is 0 Å². The first-order valence-electron chi connectivity index (χ1n) is 7.04. The summed E-state index contributed by atoms with van der Waals surface area (Å²) < 4.78 is 0. The van der Waals surface area contributed by atoms with E-state index in [1.54, 1.807) is 4.90 Å². The number of rotatable bonds is 3. The highest BCUT2D eigenvalue weighted by Gasteiger charge is 2.50. The van der Waals surface area contributed by atoms with Crippen LogP contribution in [0.1, 0.15) is 32.1 Å². The van der Waals surface area contributed by atoms with Crippen LogP contribution in [-0.2, 0) is 9.59 Å². The molecule has 0 unspecified atom stereocenters. The molecule has 0 bridgehead atoms. The minimum Gasteiger partial charge on any atom is -0.392 e. The SMILES string of the molecule is NCCCC(=O)N1CC[C@@H](O)[C@@]2(CCCNC2=O)C1. The Bertz CT molecular complexity index is 361. The van der Waals surface area contributed by atoms with Crippen molar-refractivity contribution in [2.75, 3.05) is 26.2 Å². The molecule has 6 heteroatoms. The monoisotopic (exact) mass is 269 g/mol. The number of carbonyl (C=O) groups excluding carboxylic acids is 2. The number of aliphatic hydroxyl groups is 1. The molecule has 2 saturated heterocycles. The van der Waals surface area contributed by atoms with E-state index in [0.29, 0.717) is 51.9 Å². The Kier molecular flexibility index (Phi) is 4.42. The second kappa shape index (κ2) is 5.88. The lowest BCUT2D eigenvalue weighted by molar-refractivity contribution is -0.154. The largest absolute Gasteiger partial charge is 0.392 e. The molecule has 4 N–H and O–H groups in total. The van der Waals surface area contributed by atoms with Gasteiger partial charge in [0, 0.05) is 26.1 Å². The first-order valence-corrected chi connectivity index (χ1v) is 7.04. The quantitative estimate of drug-likeness (QED) is 0.626. The van der Waals surface area contributed by atoms with Gasteiger partial charge in [0.15, 0.2) is 0 Å². The molecule has 1 spiro atoms. The predicted molar refractivity (Wildman–Crippen MR) is 70.2 cm³/mol. The first kappa shape index (κ1) is 14.3. The van der Waals surface area contributed by atoms with E-state index < -0.39 is 11.5 Å². The third kappa shape index (κ3) is 2.74. The molecule has 2 aliphatic rings. The standard InChI is InChI=1S/C13H23N3O3/c14-6-1-3-11(18)16-8-4-10(17)13(9-16)5-2-7-15-12(13)19/h10,17H,1-9,14H2,(H,15,19)/t10-,13-/m1/s1. The summed E-state index contributed by atoms with van der Waals surface area (Å²) >= 11 is 0. The normalized spacial score (nSPS) is 31.4. The van der Waals surface area contributed by atoms with Crippen molar-refractivity contribution in [2.45, 2.75) is 38.2 Å². The van der Waals surface area contributed by atoms with Crippen molar-refractivity contribution in [3.05, 3.63) is 0 Å². The predicted octanol–water partition coefficient (Wildman–Crippen LogP) is -0.785. The van der Waals surface area contributed by atoms with Gasteiger partial charge in [0.05, 0.1) is 11.5 Å². The minimum absolute atomic E-state index is 0.0371. The Labute approximate surface area is 113 Å². The molecule has 108 valence electrons. The molecule has 0 radical (unpaired) electrons. The van der Waals surface area contributed by atoms with Crippen molar-refractivity contribution in [2.24, 2.45) is 11.1 Å². The van der Waals surface area contributed by atoms with E-state index in [4.69, 9.17) is 5.73 Å². The van der Waals surface area contributed by atoms with Crippen LogP contribution in [0.25, 0.3) is 0 Å². The van der Waals surface area contributed by atoms with Gasteiger partial charge in [0.1, 0.15) is 0 Å². The molecule has 2 amide bonds. The fourth-order valence-corrected chi connectivity index (χ4v) is 3.07. The number of amides is 2. The van der Waals surface area contributed by atoms with Gasteiger partial charge in [-0.25, -0.2) is 0 Å². The van der Waals surface area contributed by atoms with Crippen molar-refractivity contribution in [3.8, 4) is 0 Å². The second-order valence-corrected chi connectivity index (χ2v) is 5.53. The highest BCUT2D eigenvalue weighted by Crippen LogP contribution is 2.37. The molecule has 0 aromatic rings. The van der Waals surface area contributed by atoms with E-state index in [9.17, 15) is 14.7 Å². The van der Waals surface area contributed by atoms with Crippen molar-refractivity contribution in [1.82, 2.24) is 10.2 Å². The van der Waals surface area contributed by atoms with Crippen molar-refractivity contribution < 1.29 is 14.7 Å². The van der Waals surface area contributed by atoms with Gasteiger partial charge in [-0.3, -0.25) is 9.59 Å². The Hall–Kier alpha value is -1.14. The molecule has 0 saturated carbocycles. The summed E-state index contributed by atoms with van der Waals surface area (Å²) in [5.41, 5.74) is 4.62. The summed E-state index contributed by atoms with van der Waals surface area (Å²) in [6.45, 7) is 2.02. The maximum Gasteiger partial charge on any atom is 0.230 e. The summed E-state index contributed by atoms with van der Waals surface area (Å²) in [5, 5.41) is 13.0. The van der Waals surface area contributed by atoms with E-state index in [-0.39, 0.29) is 11.8 Å². The van der Waals surface area contributed by atoms with Crippen LogP contribution in [0.15, 0.2) is 0 Å². The number of likely N-dealkylation sites (tertiary alicyclic amines) is 1. The van der Waals surface area contributed by atoms with Crippen LogP contribution in [0.3, 0.4) is 0 Å². The molecule has 2 atom stereocenters. The van der Waals surface area contributed by atoms with E-state index >= 15 is 0 Å². The molecule has 2 fully saturated rings. The Balaban J connectivity index is 2.07. The van der Waals surface area contributed by atoms with Crippen LogP contribution >= 0.6 is 0 Å². The molecule has 2 heterocycles. The summed E-state index contributed by atoms with van der Waals surface area (Å²) in [6.07, 6.45) is 2.42. The number of carbonyl (C=O) groups is 2. The number of nitrogens with zero attached hydrogens (tertiary/aromatic N) is 1. The van der Waals surface area contributed by atoms with E-state index in [1.165, 1.54) is 0 Å². The smallest absolute Gasteiger partial charge is 0.230 e. The van der Waals surface area contributed by atoms with Crippen LogP contribution in [0, 0.1) is 5.41 Å². The lowest BCUT2D eigenvalue weighted by Crippen LogP contribution is -2.62. The van der Waals surface area contributed by atoms with Gasteiger partial charge in [0.25, 0.3) is 0 Å². The molecule has 0 aliphatic carbocycles. The van der Waals surface area contributed by atoms with E-state index in [0.717, 1.165) is 6.42 Å². The number of aliphatic hydroxyl groups excluding tert-OH is 1. The molecule has 0 aromatic heterocycles. The molecule has 19 heavy (non-hydrogen) atoms. The maximum absolute atomic E-state index is 12.1. The van der Waals surface area contributed by atoms with Gasteiger partial charge in [-0.15, -0.1) is 0 Å². The Morgan fingerprint density at radius 1 is 1.58 bits per heavy atom. The van der Waals surface area contributed by atoms with Gasteiger partial charge < -0.3 is 21.1 Å². The lowest BCUT2D eigenvalue weighted by Gasteiger charge is -2.46. The molecule has 2 rings (SSSR count). The molecule has 2 aliphatic heterocycles. The highest BCUT2D eigenvalue weighted by molar-refractivity contribution is 5.86. The zero-order chi connectivity index (χ0) is 13.9. The second-order valence-electron chi connectivity index (χ2n) is 5.53. The molecular weight excluding hydrogens is 246 g/mol. The van der Waals surface area contributed by atoms with Crippen LogP contribution in [0.2, 0.25) is 0 Å². The summed E-state index contributed by atoms with van der Waals surface area (Å²) in [6, 6.07) is 0. The summed E-state index contributed by atoms with van der Waals surface area (Å²) in [7, 11) is 0. The number of piperidine rings is 2. The average molecular weight is 269 g/mol. The topological polar surface area (TPSA) is 95.7 Å². The lowest BCUT2D eigenvalue weighted by atomic mass is 9.71. The first-order chi connectivity index (χ1) is 9.10. The minimum atomic E-state index is -0.797. The summed E-state index contributed by atoms with van der Waals surface area (Å²) in [5.74, 6) is -0.0716. The third-order valence-electron chi connectivity index (χ3n) is 4.27. The Morgan fingerprint density at radius 3 is 3.05 bits per heavy atom. The highest BCUT2D eigenvalue weighted by atomic mass is 16.3. The summed E-state index contributed by atoms with van der Waals surface area (Å²) in [4.78, 5) is 25.9. The van der Waals surface area contributed by atoms with Crippen molar-refractivity contribution >= 4 is 11.8 Å². The van der Waals surface area contributed by atoms with Gasteiger partial charge in [-0.1, -0.05) is 0 Å². The fraction of sp³-hybridized carbons (Fsp3) is 0.846. The number of nitrogens with two attached hydrogens (primary N) is 1. The van der Waals surface area contributed by atoms with Crippen LogP contribution in [-0.4, -0.2) is 54.1 Å². The van der Waals surface area contributed by atoms with Gasteiger partial charge in [-0.05, 0) is 32.2 Å². The van der Waals surface area contributed by atoms with E-state index in [2.05, 4.69) is 5.32 Å². The van der Waals surface area contributed by atoms with Crippen LogP contribution in [0.4, 0.5) is 0 Å². The van der Waals surface area contributed by atoms with Gasteiger partial charge in [-0.2, -0.15) is 0 Å². The molecule has 0 aromatic carbocycles. The number of hydrogen-bond donors (Lipinski definition) is 3. The van der Waals surface area contributed by atoms with Crippen molar-refractivity contribution in [1.29, 1.82) is 0 Å². The fourth-order valence-electron chi connectivity index (χ4n) is 3.07. The number of hydrogen-bond acceptors (Lipinski definition) is 4. The van der Waals surface area contributed by atoms with E-state index in [1.807, 2.05) is 0 Å². The molecular formula is C13H23N3O3. The van der Waals surface area contributed by atoms with Gasteiger partial charge >= 0.3 is 0 Å². The zero-order valence-electron chi connectivity index (χ0n) is 11.2. The third-order valence-corrected chi connectivity index (χ3v) is 4.27. The Morgan fingerprint density at radius 2 is 2.37 bits per heavy atom. The number of nitrogens with one attached hydrogen (secondary N) is 1. The zero-order valence-corrected chi connectivity index (χ0v) is 11.2. The average Bonchev–Trinajstić information content (AvgIpc) is 2.42. The van der Waals surface area contributed by atoms with Crippen LogP contribution < -0.4 is 11.1 Å². The maximum atomic E-state index is 12.1. The van der Waals surface area contributed by atoms with Crippen LogP contribution in [0.5, 0.6) is 0 Å². The van der Waals surface area contributed by atoms with Gasteiger partial charge in [0.2, 0.25) is 11.8 Å². The molecule has 6 nitrogen and oxygen atoms in total.